The predicted octanol–water partition coefficient (Wildman–Crippen LogP) is 2.05. The summed E-state index contributed by atoms with van der Waals surface area (Å²) in [5, 5.41) is 3.76. The highest BCUT2D eigenvalue weighted by Crippen LogP contribution is 2.25. The van der Waals surface area contributed by atoms with Crippen molar-refractivity contribution in [3.8, 4) is 11.4 Å². The molecule has 31 heavy (non-hydrogen) atoms. The fourth-order valence-electron chi connectivity index (χ4n) is 2.03. The zero-order valence-electron chi connectivity index (χ0n) is 16.3. The summed E-state index contributed by atoms with van der Waals surface area (Å²) in [5.74, 6) is -1.14. The minimum atomic E-state index is -0.707. The third-order valence-electron chi connectivity index (χ3n) is 3.45. The fourth-order valence-corrected chi connectivity index (χ4v) is 2.53. The molecule has 0 saturated heterocycles. The summed E-state index contributed by atoms with van der Waals surface area (Å²) in [6, 6.07) is 0. The molecule has 0 fully saturated rings. The van der Waals surface area contributed by atoms with E-state index >= 15 is 0 Å². The number of aromatic nitrogens is 6. The van der Waals surface area contributed by atoms with E-state index in [0.29, 0.717) is 5.56 Å². The van der Waals surface area contributed by atoms with Crippen LogP contribution in [0.3, 0.4) is 0 Å². The molecule has 0 aliphatic rings. The predicted molar refractivity (Wildman–Crippen MR) is 113 cm³/mol. The molecule has 3 heterocycles. The van der Waals surface area contributed by atoms with Crippen LogP contribution in [-0.2, 0) is 16.5 Å². The Hall–Kier alpha value is -3.22. The molecule has 15 heteroatoms. The van der Waals surface area contributed by atoms with Gasteiger partial charge in [0.25, 0.3) is 0 Å². The molecule has 4 N–H and O–H groups in total. The van der Waals surface area contributed by atoms with Gasteiger partial charge in [0.15, 0.2) is 17.2 Å². The monoisotopic (exact) mass is 488 g/mol. The van der Waals surface area contributed by atoms with Gasteiger partial charge >= 0.3 is 11.9 Å². The Kier molecular flexibility index (Phi) is 7.91. The Labute approximate surface area is 190 Å². The zero-order chi connectivity index (χ0) is 23.3. The summed E-state index contributed by atoms with van der Waals surface area (Å²) in [7, 11) is 4.19. The van der Waals surface area contributed by atoms with E-state index in [1.165, 1.54) is 14.2 Å². The average molecular weight is 490 g/mol. The molecule has 0 amide bonds. The molecule has 0 unspecified atom stereocenters. The molecule has 164 valence electrons. The molecular weight excluding hydrogens is 475 g/mol. The van der Waals surface area contributed by atoms with E-state index in [4.69, 9.17) is 46.3 Å². The number of methoxy groups -OCH3 is 2. The van der Waals surface area contributed by atoms with E-state index in [9.17, 15) is 9.59 Å². The van der Waals surface area contributed by atoms with Crippen LogP contribution in [0, 0.1) is 0 Å². The number of esters is 2. The Bertz CT molecular complexity index is 1140. The highest BCUT2D eigenvalue weighted by atomic mass is 35.5. The van der Waals surface area contributed by atoms with Crippen molar-refractivity contribution in [3.63, 3.8) is 0 Å². The van der Waals surface area contributed by atoms with Gasteiger partial charge in [0.2, 0.25) is 5.28 Å². The maximum absolute atomic E-state index is 11.5. The van der Waals surface area contributed by atoms with E-state index in [2.05, 4.69) is 34.5 Å². The Morgan fingerprint density at radius 1 is 0.903 bits per heavy atom. The van der Waals surface area contributed by atoms with E-state index in [-0.39, 0.29) is 44.2 Å². The fraction of sp³-hybridized carbons (Fsp3) is 0.188. The molecule has 0 saturated carbocycles. The van der Waals surface area contributed by atoms with Gasteiger partial charge in [-0.2, -0.15) is 10.1 Å². The second-order valence-corrected chi connectivity index (χ2v) is 6.62. The van der Waals surface area contributed by atoms with Gasteiger partial charge in [0.05, 0.1) is 26.0 Å². The van der Waals surface area contributed by atoms with Crippen LogP contribution in [0.15, 0.2) is 12.4 Å². The second-order valence-electron chi connectivity index (χ2n) is 5.52. The number of carbonyl (C=O) groups is 2. The van der Waals surface area contributed by atoms with Crippen molar-refractivity contribution in [2.24, 2.45) is 7.05 Å². The lowest BCUT2D eigenvalue weighted by Gasteiger charge is -2.05. The lowest BCUT2D eigenvalue weighted by Crippen LogP contribution is -2.09. The van der Waals surface area contributed by atoms with E-state index in [0.717, 1.165) is 0 Å². The topological polar surface area (TPSA) is 174 Å². The number of aryl methyl sites for hydroxylation is 1. The van der Waals surface area contributed by atoms with Crippen molar-refractivity contribution in [1.29, 1.82) is 0 Å². The van der Waals surface area contributed by atoms with Gasteiger partial charge in [-0.15, -0.1) is 0 Å². The minimum Gasteiger partial charge on any atom is -0.464 e. The van der Waals surface area contributed by atoms with Crippen LogP contribution in [0.1, 0.15) is 21.0 Å². The molecule has 0 radical (unpaired) electrons. The largest absolute Gasteiger partial charge is 0.464 e. The highest BCUT2D eigenvalue weighted by molar-refractivity contribution is 6.36. The third kappa shape index (κ3) is 5.69. The smallest absolute Gasteiger partial charge is 0.358 e. The van der Waals surface area contributed by atoms with Crippen LogP contribution in [0.4, 0.5) is 11.6 Å². The molecule has 3 aromatic rings. The van der Waals surface area contributed by atoms with Crippen LogP contribution in [-0.4, -0.2) is 55.9 Å². The van der Waals surface area contributed by atoms with Gasteiger partial charge in [-0.1, -0.05) is 23.2 Å². The third-order valence-corrected chi connectivity index (χ3v) is 4.36. The first-order valence-corrected chi connectivity index (χ1v) is 9.19. The van der Waals surface area contributed by atoms with Crippen molar-refractivity contribution >= 4 is 58.4 Å². The van der Waals surface area contributed by atoms with Crippen molar-refractivity contribution in [2.75, 3.05) is 25.7 Å². The van der Waals surface area contributed by atoms with Gasteiger partial charge in [-0.25, -0.2) is 24.5 Å². The first-order chi connectivity index (χ1) is 14.6. The normalized spacial score (nSPS) is 10.1. The molecule has 0 aromatic carbocycles. The summed E-state index contributed by atoms with van der Waals surface area (Å²) in [4.78, 5) is 37.7. The molecule has 3 aromatic heterocycles. The lowest BCUT2D eigenvalue weighted by molar-refractivity contribution is 0.0585. The van der Waals surface area contributed by atoms with Gasteiger partial charge < -0.3 is 20.9 Å². The van der Waals surface area contributed by atoms with Crippen molar-refractivity contribution in [3.05, 3.63) is 39.1 Å². The van der Waals surface area contributed by atoms with Crippen LogP contribution < -0.4 is 11.5 Å². The number of anilines is 2. The summed E-state index contributed by atoms with van der Waals surface area (Å²) in [6.07, 6.45) is 3.26. The molecule has 12 nitrogen and oxygen atoms in total. The quantitative estimate of drug-likeness (QED) is 0.407. The zero-order valence-corrected chi connectivity index (χ0v) is 18.5. The van der Waals surface area contributed by atoms with Crippen LogP contribution in [0.2, 0.25) is 15.3 Å². The summed E-state index contributed by atoms with van der Waals surface area (Å²) < 4.78 is 10.6. The first-order valence-electron chi connectivity index (χ1n) is 8.06. The van der Waals surface area contributed by atoms with E-state index < -0.39 is 11.9 Å². The SMILES string of the molecule is COC(=O)c1nc(-c2cnn(C)c2)nc(N)c1Cl.COC(=O)c1nc(Cl)nc(N)c1Cl. The summed E-state index contributed by atoms with van der Waals surface area (Å²) in [6.45, 7) is 0. The first kappa shape index (κ1) is 24.1. The summed E-state index contributed by atoms with van der Waals surface area (Å²) >= 11 is 16.9. The molecule has 3 rings (SSSR count). The maximum Gasteiger partial charge on any atom is 0.358 e. The van der Waals surface area contributed by atoms with Crippen LogP contribution in [0.5, 0.6) is 0 Å². The molecule has 0 aliphatic heterocycles. The van der Waals surface area contributed by atoms with Gasteiger partial charge in [-0.3, -0.25) is 4.68 Å². The number of halogens is 3. The van der Waals surface area contributed by atoms with E-state index in [1.54, 1.807) is 24.1 Å². The summed E-state index contributed by atoms with van der Waals surface area (Å²) in [5.41, 5.74) is 11.4. The van der Waals surface area contributed by atoms with Crippen molar-refractivity contribution < 1.29 is 19.1 Å². The van der Waals surface area contributed by atoms with Gasteiger partial charge in [0.1, 0.15) is 21.7 Å². The lowest BCUT2D eigenvalue weighted by atomic mass is 10.3. The second kappa shape index (κ2) is 10.2. The maximum atomic E-state index is 11.5. The Morgan fingerprint density at radius 3 is 1.90 bits per heavy atom. The molecule has 0 spiro atoms. The van der Waals surface area contributed by atoms with Gasteiger partial charge in [-0.05, 0) is 11.6 Å². The van der Waals surface area contributed by atoms with Crippen molar-refractivity contribution in [2.45, 2.75) is 0 Å². The number of rotatable bonds is 3. The molecule has 0 bridgehead atoms. The number of nitrogens with zero attached hydrogens (tertiary/aromatic N) is 6. The molecular formula is C16H15Cl3N8O4. The minimum absolute atomic E-state index is 0.0190. The number of carbonyl (C=O) groups excluding carboxylic acids is 2. The number of ether oxygens (including phenoxy) is 2. The number of nitrogens with two attached hydrogens (primary N) is 2. The number of nitrogen functional groups attached to an aromatic ring is 2. The molecule has 0 aliphatic carbocycles. The van der Waals surface area contributed by atoms with Crippen LogP contribution in [0.25, 0.3) is 11.4 Å². The Balaban J connectivity index is 0.000000233. The number of hydrogen-bond acceptors (Lipinski definition) is 11. The molecule has 0 atom stereocenters. The standard InChI is InChI=1S/C10H10ClN5O2.C6H5Cl2N3O2/c1-16-4-5(3-13-16)9-14-7(10(17)18-2)6(11)8(12)15-9;1-13-5(12)3-2(7)4(9)11-6(8)10-3/h3-4H,1-2H3,(H2,12,14,15);1H3,(H2,9,10,11). The van der Waals surface area contributed by atoms with Gasteiger partial charge in [0, 0.05) is 13.2 Å². The number of hydrogen-bond donors (Lipinski definition) is 2. The van der Waals surface area contributed by atoms with Crippen molar-refractivity contribution in [1.82, 2.24) is 29.7 Å². The van der Waals surface area contributed by atoms with Crippen LogP contribution >= 0.6 is 34.8 Å². The van der Waals surface area contributed by atoms with E-state index in [1.807, 2.05) is 0 Å². The Morgan fingerprint density at radius 2 is 1.42 bits per heavy atom. The average Bonchev–Trinajstić information content (AvgIpc) is 3.18. The highest BCUT2D eigenvalue weighted by Gasteiger charge is 2.19.